The minimum atomic E-state index is 1.16. The lowest BCUT2D eigenvalue weighted by Crippen LogP contribution is -1.96. The van der Waals surface area contributed by atoms with Crippen LogP contribution in [-0.4, -0.2) is 9.13 Å². The lowest BCUT2D eigenvalue weighted by molar-refractivity contribution is 1.17. The molecule has 3 aromatic heterocycles. The average Bonchev–Trinajstić information content (AvgIpc) is 3.86. The Hall–Kier alpha value is -6.42. The van der Waals surface area contributed by atoms with Crippen molar-refractivity contribution >= 4 is 75.1 Å². The number of para-hydroxylation sites is 2. The van der Waals surface area contributed by atoms with E-state index in [-0.39, 0.29) is 0 Å². The van der Waals surface area contributed by atoms with Crippen molar-refractivity contribution in [1.29, 1.82) is 0 Å². The predicted octanol–water partition coefficient (Wildman–Crippen LogP) is 13.6. The van der Waals surface area contributed by atoms with Crippen LogP contribution in [0.15, 0.2) is 182 Å². The summed E-state index contributed by atoms with van der Waals surface area (Å²) in [5.41, 5.74) is 12.1. The Kier molecular flexibility index (Phi) is 6.16. The smallest absolute Gasteiger partial charge is 0.0641 e. The number of fused-ring (bicyclic) bond motifs is 10. The number of rotatable bonds is 4. The first-order valence-corrected chi connectivity index (χ1v) is 18.3. The summed E-state index contributed by atoms with van der Waals surface area (Å²) in [6, 6.07) is 66.6. The maximum absolute atomic E-state index is 2.48. The molecule has 3 heteroatoms. The largest absolute Gasteiger partial charge is 0.309 e. The van der Waals surface area contributed by atoms with Crippen molar-refractivity contribution in [2.75, 3.05) is 0 Å². The minimum Gasteiger partial charge on any atom is -0.309 e. The van der Waals surface area contributed by atoms with Crippen molar-refractivity contribution in [1.82, 2.24) is 9.13 Å². The number of aromatic nitrogens is 2. The Labute approximate surface area is 298 Å². The fraction of sp³-hybridized carbons (Fsp3) is 0. The highest BCUT2D eigenvalue weighted by molar-refractivity contribution is 7.26. The molecule has 0 aliphatic carbocycles. The van der Waals surface area contributed by atoms with Crippen LogP contribution in [0.4, 0.5) is 0 Å². The van der Waals surface area contributed by atoms with Gasteiger partial charge in [-0.1, -0.05) is 133 Å². The maximum Gasteiger partial charge on any atom is 0.0641 e. The molecule has 0 fully saturated rings. The molecule has 0 N–H and O–H groups in total. The van der Waals surface area contributed by atoms with Gasteiger partial charge in [0.25, 0.3) is 0 Å². The van der Waals surface area contributed by atoms with Gasteiger partial charge in [-0.25, -0.2) is 0 Å². The first-order valence-electron chi connectivity index (χ1n) is 17.4. The molecule has 0 spiro atoms. The zero-order chi connectivity index (χ0) is 33.5. The number of hydrogen-bond donors (Lipinski definition) is 0. The average molecular weight is 667 g/mol. The Balaban J connectivity index is 1.16. The standard InChI is InChI=1S/C48H30N2S/c1-2-12-31(13-3-1)33-14-10-15-35(30-33)49-43-22-8-5-18-41(43)46-44(49)29-28-39-37-16-4-7-21-42(37)50(47(39)46)34-26-24-32(25-27-34)36-19-11-20-40-38-17-6-9-23-45(38)51-48(36)40/h1-30H. The highest BCUT2D eigenvalue weighted by Crippen LogP contribution is 2.43. The molecule has 11 rings (SSSR count). The summed E-state index contributed by atoms with van der Waals surface area (Å²) in [4.78, 5) is 0. The van der Waals surface area contributed by atoms with E-state index < -0.39 is 0 Å². The molecule has 0 amide bonds. The van der Waals surface area contributed by atoms with E-state index >= 15 is 0 Å². The number of benzene rings is 8. The summed E-state index contributed by atoms with van der Waals surface area (Å²) < 4.78 is 7.59. The topological polar surface area (TPSA) is 9.86 Å². The highest BCUT2D eigenvalue weighted by Gasteiger charge is 2.21. The summed E-state index contributed by atoms with van der Waals surface area (Å²) in [5, 5.41) is 7.70. The molecule has 0 saturated carbocycles. The van der Waals surface area contributed by atoms with E-state index in [1.54, 1.807) is 0 Å². The summed E-state index contributed by atoms with van der Waals surface area (Å²) in [7, 11) is 0. The van der Waals surface area contributed by atoms with Gasteiger partial charge in [-0.05, 0) is 70.8 Å². The van der Waals surface area contributed by atoms with Gasteiger partial charge in [0.2, 0.25) is 0 Å². The van der Waals surface area contributed by atoms with Crippen LogP contribution in [0.1, 0.15) is 0 Å². The van der Waals surface area contributed by atoms with Gasteiger partial charge in [0.1, 0.15) is 0 Å². The van der Waals surface area contributed by atoms with E-state index in [9.17, 15) is 0 Å². The molecular weight excluding hydrogens is 637 g/mol. The van der Waals surface area contributed by atoms with Gasteiger partial charge in [0.15, 0.2) is 0 Å². The van der Waals surface area contributed by atoms with Gasteiger partial charge in [-0.2, -0.15) is 0 Å². The Morgan fingerprint density at radius 2 is 1.02 bits per heavy atom. The van der Waals surface area contributed by atoms with E-state index in [2.05, 4.69) is 191 Å². The van der Waals surface area contributed by atoms with Gasteiger partial charge >= 0.3 is 0 Å². The molecule has 51 heavy (non-hydrogen) atoms. The van der Waals surface area contributed by atoms with Crippen LogP contribution in [0.2, 0.25) is 0 Å². The first-order chi connectivity index (χ1) is 25.3. The normalized spacial score (nSPS) is 11.9. The molecular formula is C48H30N2S. The van der Waals surface area contributed by atoms with Crippen LogP contribution in [0.5, 0.6) is 0 Å². The predicted molar refractivity (Wildman–Crippen MR) is 219 cm³/mol. The molecule has 0 saturated heterocycles. The second-order valence-corrected chi connectivity index (χ2v) is 14.4. The lowest BCUT2D eigenvalue weighted by atomic mass is 10.0. The van der Waals surface area contributed by atoms with Crippen molar-refractivity contribution in [2.45, 2.75) is 0 Å². The van der Waals surface area contributed by atoms with Crippen molar-refractivity contribution in [2.24, 2.45) is 0 Å². The van der Waals surface area contributed by atoms with E-state index in [1.165, 1.54) is 86.0 Å². The number of hydrogen-bond acceptors (Lipinski definition) is 1. The molecule has 11 aromatic rings. The molecule has 0 unspecified atom stereocenters. The Morgan fingerprint density at radius 1 is 0.353 bits per heavy atom. The SMILES string of the molecule is c1ccc(-c2cccc(-n3c4ccccc4c4c3ccc3c5ccccc5n(-c5ccc(-c6cccc7c6sc6ccccc67)cc5)c34)c2)cc1. The highest BCUT2D eigenvalue weighted by atomic mass is 32.1. The van der Waals surface area contributed by atoms with Crippen LogP contribution in [0, 0.1) is 0 Å². The van der Waals surface area contributed by atoms with Crippen LogP contribution in [0.3, 0.4) is 0 Å². The third kappa shape index (κ3) is 4.22. The van der Waals surface area contributed by atoms with Crippen LogP contribution >= 0.6 is 11.3 Å². The monoisotopic (exact) mass is 666 g/mol. The van der Waals surface area contributed by atoms with Crippen molar-refractivity contribution < 1.29 is 0 Å². The summed E-state index contributed by atoms with van der Waals surface area (Å²) in [6.07, 6.45) is 0. The second kappa shape index (κ2) is 11.0. The fourth-order valence-corrected chi connectivity index (χ4v) is 9.51. The fourth-order valence-electron chi connectivity index (χ4n) is 8.27. The summed E-state index contributed by atoms with van der Waals surface area (Å²) in [6.45, 7) is 0. The molecule has 0 aliphatic heterocycles. The van der Waals surface area contributed by atoms with Gasteiger partial charge in [-0.3, -0.25) is 0 Å². The number of nitrogens with zero attached hydrogens (tertiary/aromatic N) is 2. The zero-order valence-corrected chi connectivity index (χ0v) is 28.4. The Morgan fingerprint density at radius 3 is 1.86 bits per heavy atom. The van der Waals surface area contributed by atoms with E-state index in [0.29, 0.717) is 0 Å². The van der Waals surface area contributed by atoms with Crippen LogP contribution < -0.4 is 0 Å². The molecule has 2 nitrogen and oxygen atoms in total. The molecule has 8 aromatic carbocycles. The van der Waals surface area contributed by atoms with Crippen molar-refractivity contribution in [3.63, 3.8) is 0 Å². The van der Waals surface area contributed by atoms with Gasteiger partial charge in [-0.15, -0.1) is 11.3 Å². The van der Waals surface area contributed by atoms with Gasteiger partial charge in [0.05, 0.1) is 22.1 Å². The minimum absolute atomic E-state index is 1.16. The van der Waals surface area contributed by atoms with Gasteiger partial charge < -0.3 is 9.13 Å². The molecule has 0 atom stereocenters. The zero-order valence-electron chi connectivity index (χ0n) is 27.6. The van der Waals surface area contributed by atoms with E-state index in [4.69, 9.17) is 0 Å². The molecule has 0 aliphatic rings. The third-order valence-corrected chi connectivity index (χ3v) is 11.7. The first kappa shape index (κ1) is 28.4. The van der Waals surface area contributed by atoms with Gasteiger partial charge in [0, 0.05) is 53.1 Å². The number of thiophene rings is 1. The van der Waals surface area contributed by atoms with E-state index in [1.807, 2.05) is 11.3 Å². The summed E-state index contributed by atoms with van der Waals surface area (Å²) >= 11 is 1.88. The third-order valence-electron chi connectivity index (χ3n) is 10.5. The van der Waals surface area contributed by atoms with Crippen molar-refractivity contribution in [3.05, 3.63) is 182 Å². The molecule has 0 bridgehead atoms. The molecule has 238 valence electrons. The lowest BCUT2D eigenvalue weighted by Gasteiger charge is -2.12. The van der Waals surface area contributed by atoms with Crippen LogP contribution in [-0.2, 0) is 0 Å². The van der Waals surface area contributed by atoms with Crippen LogP contribution in [0.25, 0.3) is 97.4 Å². The summed E-state index contributed by atoms with van der Waals surface area (Å²) in [5.74, 6) is 0. The van der Waals surface area contributed by atoms with E-state index in [0.717, 1.165) is 11.4 Å². The Bertz CT molecular complexity index is 3120. The van der Waals surface area contributed by atoms with Crippen molar-refractivity contribution in [3.8, 4) is 33.6 Å². The quantitative estimate of drug-likeness (QED) is 0.177. The second-order valence-electron chi connectivity index (χ2n) is 13.3. The maximum atomic E-state index is 2.48. The molecule has 3 heterocycles. The molecule has 0 radical (unpaired) electrons.